The topological polar surface area (TPSA) is 105 Å². The molecule has 1 N–H and O–H groups in total. The maximum absolute atomic E-state index is 13.3. The highest BCUT2D eigenvalue weighted by atomic mass is 32.2. The number of aromatic nitrogens is 4. The summed E-state index contributed by atoms with van der Waals surface area (Å²) in [6, 6.07) is 11.9. The van der Waals surface area contributed by atoms with E-state index in [1.54, 1.807) is 24.4 Å². The monoisotopic (exact) mass is 479 g/mol. The fourth-order valence-corrected chi connectivity index (χ4v) is 5.19. The minimum absolute atomic E-state index is 0.110. The average molecular weight is 480 g/mol. The second-order valence-corrected chi connectivity index (χ2v) is 9.90. The normalized spacial score (nSPS) is 14.9. The largest absolute Gasteiger partial charge is 0.497 e. The molecule has 3 aromatic heterocycles. The van der Waals surface area contributed by atoms with Gasteiger partial charge in [0.2, 0.25) is 5.95 Å². The molecule has 0 saturated carbocycles. The number of hydrogen-bond donors (Lipinski definition) is 1. The van der Waals surface area contributed by atoms with Crippen LogP contribution < -0.4 is 15.0 Å². The molecule has 4 heterocycles. The van der Waals surface area contributed by atoms with Gasteiger partial charge >= 0.3 is 0 Å². The molecule has 0 radical (unpaired) electrons. The average Bonchev–Trinajstić information content (AvgIpc) is 3.29. The highest BCUT2D eigenvalue weighted by Crippen LogP contribution is 2.25. The van der Waals surface area contributed by atoms with Gasteiger partial charge in [-0.15, -0.1) is 0 Å². The maximum Gasteiger partial charge on any atom is 0.269 e. The first kappa shape index (κ1) is 22.1. The number of methoxy groups -OCH3 is 1. The van der Waals surface area contributed by atoms with E-state index in [-0.39, 0.29) is 16.5 Å². The van der Waals surface area contributed by atoms with Crippen LogP contribution in [0, 0.1) is 0 Å². The molecule has 1 aromatic carbocycles. The van der Waals surface area contributed by atoms with Gasteiger partial charge in [-0.3, -0.25) is 0 Å². The molecule has 0 spiro atoms. The highest BCUT2D eigenvalue weighted by molar-refractivity contribution is 7.90. The van der Waals surface area contributed by atoms with E-state index in [9.17, 15) is 8.42 Å². The molecular formula is C23H25N7O3S. The number of rotatable bonds is 6. The molecule has 0 amide bonds. The second-order valence-electron chi connectivity index (χ2n) is 8.09. The molecule has 0 atom stereocenters. The zero-order valence-corrected chi connectivity index (χ0v) is 19.7. The first-order valence-corrected chi connectivity index (χ1v) is 12.3. The molecule has 34 heavy (non-hydrogen) atoms. The summed E-state index contributed by atoms with van der Waals surface area (Å²) in [4.78, 5) is 18.0. The number of nitrogens with one attached hydrogen (secondary N) is 1. The molecule has 5 rings (SSSR count). The lowest BCUT2D eigenvalue weighted by atomic mass is 10.3. The number of anilines is 3. The third-order valence-electron chi connectivity index (χ3n) is 5.85. The third kappa shape index (κ3) is 4.27. The lowest BCUT2D eigenvalue weighted by Gasteiger charge is -2.33. The van der Waals surface area contributed by atoms with Gasteiger partial charge in [-0.25, -0.2) is 22.4 Å². The van der Waals surface area contributed by atoms with E-state index < -0.39 is 10.0 Å². The molecule has 1 aliphatic heterocycles. The summed E-state index contributed by atoms with van der Waals surface area (Å²) < 4.78 is 32.8. The van der Waals surface area contributed by atoms with E-state index in [0.717, 1.165) is 35.8 Å². The number of piperazine rings is 1. The molecule has 11 heteroatoms. The van der Waals surface area contributed by atoms with Gasteiger partial charge in [0, 0.05) is 50.0 Å². The predicted molar refractivity (Wildman–Crippen MR) is 130 cm³/mol. The molecule has 0 aliphatic carbocycles. The smallest absolute Gasteiger partial charge is 0.269 e. The molecule has 0 unspecified atom stereocenters. The Labute approximate surface area is 197 Å². The van der Waals surface area contributed by atoms with Crippen molar-refractivity contribution in [3.8, 4) is 5.75 Å². The summed E-state index contributed by atoms with van der Waals surface area (Å²) in [7, 11) is -0.256. The lowest BCUT2D eigenvalue weighted by Crippen LogP contribution is -2.44. The molecule has 176 valence electrons. The van der Waals surface area contributed by atoms with Crippen molar-refractivity contribution in [2.24, 2.45) is 0 Å². The van der Waals surface area contributed by atoms with Crippen molar-refractivity contribution in [3.05, 3.63) is 61.1 Å². The summed E-state index contributed by atoms with van der Waals surface area (Å²) in [5.74, 6) is 1.29. The van der Waals surface area contributed by atoms with Crippen molar-refractivity contribution < 1.29 is 13.2 Å². The fraction of sp³-hybridized carbons (Fsp3) is 0.261. The quantitative estimate of drug-likeness (QED) is 0.447. The van der Waals surface area contributed by atoms with Crippen LogP contribution in [0.2, 0.25) is 0 Å². The Hall–Kier alpha value is -3.70. The Morgan fingerprint density at radius 2 is 1.82 bits per heavy atom. The Morgan fingerprint density at radius 3 is 2.56 bits per heavy atom. The van der Waals surface area contributed by atoms with E-state index >= 15 is 0 Å². The van der Waals surface area contributed by atoms with Gasteiger partial charge in [0.25, 0.3) is 10.0 Å². The minimum atomic E-state index is -3.87. The van der Waals surface area contributed by atoms with Crippen LogP contribution in [0.1, 0.15) is 0 Å². The summed E-state index contributed by atoms with van der Waals surface area (Å²) in [5, 5.41) is 3.68. The molecule has 1 fully saturated rings. The van der Waals surface area contributed by atoms with Gasteiger partial charge in [0.1, 0.15) is 11.6 Å². The van der Waals surface area contributed by atoms with E-state index in [2.05, 4.69) is 37.1 Å². The number of likely N-dealkylation sites (N-methyl/N-ethyl adjacent to an activating group) is 1. The first-order chi connectivity index (χ1) is 16.4. The Balaban J connectivity index is 1.40. The van der Waals surface area contributed by atoms with Gasteiger partial charge in [-0.2, -0.15) is 4.98 Å². The van der Waals surface area contributed by atoms with Gasteiger partial charge in [-0.1, -0.05) is 6.07 Å². The van der Waals surface area contributed by atoms with Gasteiger partial charge in [0.15, 0.2) is 5.65 Å². The second kappa shape index (κ2) is 8.92. The van der Waals surface area contributed by atoms with Gasteiger partial charge < -0.3 is 19.9 Å². The molecule has 10 nitrogen and oxygen atoms in total. The van der Waals surface area contributed by atoms with Crippen molar-refractivity contribution in [1.29, 1.82) is 0 Å². The number of pyridine rings is 1. The summed E-state index contributed by atoms with van der Waals surface area (Å²) in [6.07, 6.45) is 4.88. The van der Waals surface area contributed by atoms with Crippen LogP contribution in [0.25, 0.3) is 11.0 Å². The number of ether oxygens (including phenoxy) is 1. The summed E-state index contributed by atoms with van der Waals surface area (Å²) in [5.41, 5.74) is 1.34. The van der Waals surface area contributed by atoms with Crippen LogP contribution in [-0.4, -0.2) is 72.6 Å². The Kier molecular flexibility index (Phi) is 5.80. The third-order valence-corrected chi connectivity index (χ3v) is 7.51. The van der Waals surface area contributed by atoms with Crippen LogP contribution in [0.15, 0.2) is 66.0 Å². The lowest BCUT2D eigenvalue weighted by molar-refractivity contribution is 0.313. The summed E-state index contributed by atoms with van der Waals surface area (Å²) >= 11 is 0. The van der Waals surface area contributed by atoms with Crippen molar-refractivity contribution in [1.82, 2.24) is 23.8 Å². The molecule has 0 bridgehead atoms. The predicted octanol–water partition coefficient (Wildman–Crippen LogP) is 2.57. The first-order valence-electron chi connectivity index (χ1n) is 10.8. The molecule has 4 aromatic rings. The molecule has 1 aliphatic rings. The van der Waals surface area contributed by atoms with E-state index in [1.807, 2.05) is 18.3 Å². The maximum atomic E-state index is 13.3. The number of benzene rings is 1. The highest BCUT2D eigenvalue weighted by Gasteiger charge is 2.21. The molecule has 1 saturated heterocycles. The Morgan fingerprint density at radius 1 is 1.00 bits per heavy atom. The van der Waals surface area contributed by atoms with Crippen molar-refractivity contribution in [2.75, 3.05) is 50.6 Å². The number of hydrogen-bond acceptors (Lipinski definition) is 9. The molecular weight excluding hydrogens is 454 g/mol. The SMILES string of the molecule is COc1cccc(S(=O)(=O)n2ccc3cnc(Nc4ccc(N5CCN(C)CC5)cn4)nc32)c1. The van der Waals surface area contributed by atoms with Crippen molar-refractivity contribution >= 4 is 38.5 Å². The van der Waals surface area contributed by atoms with Crippen LogP contribution in [-0.2, 0) is 10.0 Å². The van der Waals surface area contributed by atoms with Crippen LogP contribution in [0.4, 0.5) is 17.5 Å². The zero-order chi connectivity index (χ0) is 23.7. The van der Waals surface area contributed by atoms with E-state index in [1.165, 1.54) is 25.4 Å². The Bertz CT molecular complexity index is 1410. The van der Waals surface area contributed by atoms with Gasteiger partial charge in [-0.05, 0) is 37.4 Å². The fourth-order valence-electron chi connectivity index (χ4n) is 3.85. The minimum Gasteiger partial charge on any atom is -0.497 e. The van der Waals surface area contributed by atoms with Crippen LogP contribution in [0.5, 0.6) is 5.75 Å². The van der Waals surface area contributed by atoms with Crippen molar-refractivity contribution in [3.63, 3.8) is 0 Å². The van der Waals surface area contributed by atoms with Crippen molar-refractivity contribution in [2.45, 2.75) is 4.90 Å². The van der Waals surface area contributed by atoms with Crippen LogP contribution in [0.3, 0.4) is 0 Å². The van der Waals surface area contributed by atoms with Crippen LogP contribution >= 0.6 is 0 Å². The number of nitrogens with zero attached hydrogens (tertiary/aromatic N) is 6. The van der Waals surface area contributed by atoms with Gasteiger partial charge in [0.05, 0.1) is 23.9 Å². The van der Waals surface area contributed by atoms with E-state index in [4.69, 9.17) is 4.74 Å². The summed E-state index contributed by atoms with van der Waals surface area (Å²) in [6.45, 7) is 3.96. The number of fused-ring (bicyclic) bond motifs is 1. The zero-order valence-electron chi connectivity index (χ0n) is 18.9. The standard InChI is InChI=1S/C23H25N7O3S/c1-28-10-12-29(13-11-28)18-6-7-21(24-16-18)26-23-25-15-17-8-9-30(22(17)27-23)34(31,32)20-5-3-4-19(14-20)33-2/h3-9,14-16H,10-13H2,1-2H3,(H,24,25,26,27). The van der Waals surface area contributed by atoms with E-state index in [0.29, 0.717) is 17.0 Å².